The standard InChI is InChI=1S/C23H17ClN2O4S/c1-12(2)29-15-6-3-13(4-7-15)19-18-20(27)16-11-14(24)5-8-17(16)30-21(18)22(28)26(19)23-25-9-10-31-23/h3-12,19H,1-2H3/t19-/m0/s1. The number of hydrogen-bond donors (Lipinski definition) is 0. The number of fused-ring (bicyclic) bond motifs is 2. The van der Waals surface area contributed by atoms with Gasteiger partial charge in [-0.05, 0) is 49.7 Å². The Morgan fingerprint density at radius 3 is 2.61 bits per heavy atom. The zero-order chi connectivity index (χ0) is 21.7. The van der Waals surface area contributed by atoms with Crippen molar-refractivity contribution in [3.05, 3.63) is 86.2 Å². The number of aromatic nitrogens is 1. The highest BCUT2D eigenvalue weighted by molar-refractivity contribution is 7.13. The molecule has 2 aromatic carbocycles. The maximum absolute atomic E-state index is 13.5. The number of amides is 1. The third-order valence-corrected chi connectivity index (χ3v) is 6.03. The summed E-state index contributed by atoms with van der Waals surface area (Å²) in [5, 5.41) is 3.04. The molecule has 8 heteroatoms. The second kappa shape index (κ2) is 7.51. The van der Waals surface area contributed by atoms with E-state index in [1.54, 1.807) is 29.8 Å². The van der Waals surface area contributed by atoms with Gasteiger partial charge < -0.3 is 9.15 Å². The van der Waals surface area contributed by atoms with Crippen LogP contribution in [-0.2, 0) is 0 Å². The summed E-state index contributed by atoms with van der Waals surface area (Å²) in [5.74, 6) is 0.343. The van der Waals surface area contributed by atoms with Gasteiger partial charge in [0.25, 0.3) is 5.91 Å². The van der Waals surface area contributed by atoms with Crippen LogP contribution in [0.1, 0.15) is 41.6 Å². The van der Waals surface area contributed by atoms with Crippen LogP contribution in [0.2, 0.25) is 5.02 Å². The number of rotatable bonds is 4. The van der Waals surface area contributed by atoms with E-state index in [2.05, 4.69) is 4.98 Å². The summed E-state index contributed by atoms with van der Waals surface area (Å²) in [7, 11) is 0. The lowest BCUT2D eigenvalue weighted by Crippen LogP contribution is -2.29. The van der Waals surface area contributed by atoms with Crippen molar-refractivity contribution in [2.24, 2.45) is 0 Å². The quantitative estimate of drug-likeness (QED) is 0.412. The van der Waals surface area contributed by atoms with Crippen LogP contribution in [0, 0.1) is 0 Å². The molecule has 0 fully saturated rings. The summed E-state index contributed by atoms with van der Waals surface area (Å²) in [4.78, 5) is 32.7. The van der Waals surface area contributed by atoms with E-state index in [1.807, 2.05) is 38.1 Å². The third kappa shape index (κ3) is 3.30. The molecule has 3 heterocycles. The predicted octanol–water partition coefficient (Wildman–Crippen LogP) is 5.44. The molecule has 0 bridgehead atoms. The highest BCUT2D eigenvalue weighted by Crippen LogP contribution is 2.42. The summed E-state index contributed by atoms with van der Waals surface area (Å²) in [6, 6.07) is 11.5. The maximum atomic E-state index is 13.5. The van der Waals surface area contributed by atoms with Crippen molar-refractivity contribution >= 4 is 44.9 Å². The minimum atomic E-state index is -0.665. The van der Waals surface area contributed by atoms with E-state index in [9.17, 15) is 9.59 Å². The van der Waals surface area contributed by atoms with Gasteiger partial charge in [0.2, 0.25) is 5.76 Å². The fourth-order valence-electron chi connectivity index (χ4n) is 3.79. The summed E-state index contributed by atoms with van der Waals surface area (Å²) in [5.41, 5.74) is 1.08. The van der Waals surface area contributed by atoms with E-state index in [1.165, 1.54) is 16.2 Å². The third-order valence-electron chi connectivity index (χ3n) is 5.03. The minimum absolute atomic E-state index is 0.0301. The zero-order valence-corrected chi connectivity index (χ0v) is 18.2. The fourth-order valence-corrected chi connectivity index (χ4v) is 4.63. The molecule has 31 heavy (non-hydrogen) atoms. The van der Waals surface area contributed by atoms with Gasteiger partial charge in [0.15, 0.2) is 10.6 Å². The van der Waals surface area contributed by atoms with Crippen LogP contribution in [0.25, 0.3) is 11.0 Å². The Morgan fingerprint density at radius 2 is 1.94 bits per heavy atom. The number of hydrogen-bond acceptors (Lipinski definition) is 6. The van der Waals surface area contributed by atoms with Crippen molar-refractivity contribution in [1.82, 2.24) is 4.98 Å². The fraction of sp³-hybridized carbons (Fsp3) is 0.174. The minimum Gasteiger partial charge on any atom is -0.491 e. The largest absolute Gasteiger partial charge is 0.491 e. The van der Waals surface area contributed by atoms with Crippen molar-refractivity contribution in [2.45, 2.75) is 26.0 Å². The molecule has 1 amide bonds. The molecule has 156 valence electrons. The average Bonchev–Trinajstić information content (AvgIpc) is 3.36. The van der Waals surface area contributed by atoms with Crippen LogP contribution >= 0.6 is 22.9 Å². The highest BCUT2D eigenvalue weighted by Gasteiger charge is 2.44. The van der Waals surface area contributed by atoms with Crippen molar-refractivity contribution in [2.75, 3.05) is 4.90 Å². The normalized spacial score (nSPS) is 15.7. The first-order chi connectivity index (χ1) is 14.9. The molecule has 1 aliphatic rings. The van der Waals surface area contributed by atoms with E-state index < -0.39 is 11.9 Å². The molecular formula is C23H17ClN2O4S. The van der Waals surface area contributed by atoms with Gasteiger partial charge in [-0.25, -0.2) is 4.98 Å². The smallest absolute Gasteiger partial charge is 0.297 e. The molecule has 6 nitrogen and oxygen atoms in total. The Balaban J connectivity index is 1.73. The van der Waals surface area contributed by atoms with Gasteiger partial charge in [0, 0.05) is 16.6 Å². The molecule has 0 unspecified atom stereocenters. The first kappa shape index (κ1) is 19.8. The first-order valence-electron chi connectivity index (χ1n) is 9.70. The maximum Gasteiger partial charge on any atom is 0.297 e. The number of halogens is 1. The SMILES string of the molecule is CC(C)Oc1ccc([C@H]2c3c(oc4ccc(Cl)cc4c3=O)C(=O)N2c2nccs2)cc1. The van der Waals surface area contributed by atoms with Crippen LogP contribution in [0.5, 0.6) is 5.75 Å². The molecule has 0 N–H and O–H groups in total. The Morgan fingerprint density at radius 1 is 1.16 bits per heavy atom. The van der Waals surface area contributed by atoms with E-state index in [4.69, 9.17) is 20.8 Å². The van der Waals surface area contributed by atoms with Crippen molar-refractivity contribution < 1.29 is 13.9 Å². The van der Waals surface area contributed by atoms with E-state index in [-0.39, 0.29) is 22.9 Å². The molecule has 0 saturated carbocycles. The number of carbonyl (C=O) groups excluding carboxylic acids is 1. The molecule has 1 aliphatic heterocycles. The van der Waals surface area contributed by atoms with Crippen LogP contribution in [0.3, 0.4) is 0 Å². The van der Waals surface area contributed by atoms with Gasteiger partial charge in [-0.15, -0.1) is 11.3 Å². The summed E-state index contributed by atoms with van der Waals surface area (Å²) in [6.07, 6.45) is 1.66. The van der Waals surface area contributed by atoms with Crippen molar-refractivity contribution in [3.63, 3.8) is 0 Å². The molecule has 0 aliphatic carbocycles. The van der Waals surface area contributed by atoms with Gasteiger partial charge in [-0.2, -0.15) is 0 Å². The molecular weight excluding hydrogens is 436 g/mol. The molecule has 5 rings (SSSR count). The predicted molar refractivity (Wildman–Crippen MR) is 120 cm³/mol. The molecule has 0 saturated heterocycles. The Bertz CT molecular complexity index is 1350. The zero-order valence-electron chi connectivity index (χ0n) is 16.7. The number of thiazole rings is 1. The van der Waals surface area contributed by atoms with Gasteiger partial charge in [0.1, 0.15) is 11.3 Å². The number of benzene rings is 2. The second-order valence-corrected chi connectivity index (χ2v) is 8.75. The second-order valence-electron chi connectivity index (χ2n) is 7.44. The first-order valence-corrected chi connectivity index (χ1v) is 11.0. The Labute approximate surface area is 186 Å². The molecule has 1 atom stereocenters. The van der Waals surface area contributed by atoms with Crippen LogP contribution in [0.15, 0.2) is 63.3 Å². The van der Waals surface area contributed by atoms with Gasteiger partial charge in [0.05, 0.1) is 23.1 Å². The van der Waals surface area contributed by atoms with Crippen LogP contribution < -0.4 is 15.1 Å². The van der Waals surface area contributed by atoms with Gasteiger partial charge in [-0.1, -0.05) is 23.7 Å². The monoisotopic (exact) mass is 452 g/mol. The summed E-state index contributed by atoms with van der Waals surface area (Å²) in [6.45, 7) is 3.90. The van der Waals surface area contributed by atoms with Crippen LogP contribution in [0.4, 0.5) is 5.13 Å². The lowest BCUT2D eigenvalue weighted by Gasteiger charge is -2.22. The average molecular weight is 453 g/mol. The summed E-state index contributed by atoms with van der Waals surface area (Å²) < 4.78 is 11.6. The number of anilines is 1. The molecule has 0 radical (unpaired) electrons. The van der Waals surface area contributed by atoms with E-state index >= 15 is 0 Å². The Kier molecular flexibility index (Phi) is 4.79. The Hall–Kier alpha value is -3.16. The molecule has 0 spiro atoms. The van der Waals surface area contributed by atoms with Crippen molar-refractivity contribution in [1.29, 1.82) is 0 Å². The van der Waals surface area contributed by atoms with E-state index in [0.29, 0.717) is 26.9 Å². The van der Waals surface area contributed by atoms with Crippen LogP contribution in [-0.4, -0.2) is 17.0 Å². The summed E-state index contributed by atoms with van der Waals surface area (Å²) >= 11 is 7.43. The number of carbonyl (C=O) groups is 1. The van der Waals surface area contributed by atoms with Crippen molar-refractivity contribution in [3.8, 4) is 5.75 Å². The number of ether oxygens (including phenoxy) is 1. The molecule has 2 aromatic heterocycles. The molecule has 4 aromatic rings. The van der Waals surface area contributed by atoms with Gasteiger partial charge >= 0.3 is 0 Å². The number of nitrogens with zero attached hydrogens (tertiary/aromatic N) is 2. The van der Waals surface area contributed by atoms with E-state index in [0.717, 1.165) is 5.56 Å². The lowest BCUT2D eigenvalue weighted by molar-refractivity contribution is 0.0971. The topological polar surface area (TPSA) is 72.6 Å². The highest BCUT2D eigenvalue weighted by atomic mass is 35.5. The lowest BCUT2D eigenvalue weighted by atomic mass is 9.98. The van der Waals surface area contributed by atoms with Gasteiger partial charge in [-0.3, -0.25) is 14.5 Å².